The molecule has 104 valence electrons. The minimum Gasteiger partial charge on any atom is -0.464 e. The van der Waals surface area contributed by atoms with Gasteiger partial charge in [-0.25, -0.2) is 9.78 Å². The molecule has 1 aliphatic rings. The quantitative estimate of drug-likeness (QED) is 0.846. The van der Waals surface area contributed by atoms with Crippen LogP contribution in [0.4, 0.5) is 11.5 Å². The summed E-state index contributed by atoms with van der Waals surface area (Å²) >= 11 is 0. The van der Waals surface area contributed by atoms with Crippen molar-refractivity contribution in [3.63, 3.8) is 0 Å². The number of methoxy groups -OCH3 is 1. The van der Waals surface area contributed by atoms with Crippen molar-refractivity contribution in [1.82, 2.24) is 4.98 Å². The van der Waals surface area contributed by atoms with E-state index in [-0.39, 0.29) is 0 Å². The first kappa shape index (κ1) is 13.6. The molecule has 0 atom stereocenters. The predicted octanol–water partition coefficient (Wildman–Crippen LogP) is 2.08. The summed E-state index contributed by atoms with van der Waals surface area (Å²) in [7, 11) is 1.35. The summed E-state index contributed by atoms with van der Waals surface area (Å²) in [6.45, 7) is 4.12. The van der Waals surface area contributed by atoms with Crippen LogP contribution < -0.4 is 10.6 Å². The van der Waals surface area contributed by atoms with Crippen molar-refractivity contribution in [3.05, 3.63) is 17.8 Å². The number of ether oxygens (including phenoxy) is 1. The largest absolute Gasteiger partial charge is 0.464 e. The van der Waals surface area contributed by atoms with Crippen LogP contribution in [0.15, 0.2) is 12.1 Å². The highest BCUT2D eigenvalue weighted by Gasteiger charge is 2.21. The number of esters is 1. The highest BCUT2D eigenvalue weighted by molar-refractivity contribution is 5.88. The van der Waals surface area contributed by atoms with Crippen LogP contribution in [-0.4, -0.2) is 31.2 Å². The fourth-order valence-electron chi connectivity index (χ4n) is 2.48. The van der Waals surface area contributed by atoms with Gasteiger partial charge in [0.05, 0.1) is 12.8 Å². The summed E-state index contributed by atoms with van der Waals surface area (Å²) in [4.78, 5) is 18.0. The molecule has 5 heteroatoms. The molecule has 2 N–H and O–H groups in total. The SMILES string of the molecule is CCC1CCN(c2nc(C(=O)OC)ccc2N)CC1. The zero-order chi connectivity index (χ0) is 13.8. The first-order valence-corrected chi connectivity index (χ1v) is 6.75. The second-order valence-electron chi connectivity index (χ2n) is 4.94. The third-order valence-corrected chi connectivity index (χ3v) is 3.79. The summed E-state index contributed by atoms with van der Waals surface area (Å²) in [5.74, 6) is 1.07. The van der Waals surface area contributed by atoms with E-state index in [0.29, 0.717) is 17.2 Å². The van der Waals surface area contributed by atoms with Crippen molar-refractivity contribution in [2.24, 2.45) is 5.92 Å². The number of hydrogen-bond donors (Lipinski definition) is 1. The van der Waals surface area contributed by atoms with E-state index in [4.69, 9.17) is 10.5 Å². The molecule has 0 aromatic carbocycles. The van der Waals surface area contributed by atoms with E-state index >= 15 is 0 Å². The van der Waals surface area contributed by atoms with Gasteiger partial charge in [-0.2, -0.15) is 0 Å². The Hall–Kier alpha value is -1.78. The van der Waals surface area contributed by atoms with Gasteiger partial charge in [0.25, 0.3) is 0 Å². The zero-order valence-corrected chi connectivity index (χ0v) is 11.6. The van der Waals surface area contributed by atoms with Crippen LogP contribution in [0, 0.1) is 5.92 Å². The van der Waals surface area contributed by atoms with Crippen LogP contribution >= 0.6 is 0 Å². The Balaban J connectivity index is 2.17. The van der Waals surface area contributed by atoms with Crippen LogP contribution in [0.1, 0.15) is 36.7 Å². The molecule has 1 fully saturated rings. The van der Waals surface area contributed by atoms with Crippen molar-refractivity contribution in [3.8, 4) is 0 Å². The Morgan fingerprint density at radius 3 is 2.74 bits per heavy atom. The van der Waals surface area contributed by atoms with E-state index in [1.807, 2.05) is 0 Å². The van der Waals surface area contributed by atoms with Crippen LogP contribution in [0.3, 0.4) is 0 Å². The molecule has 1 aromatic heterocycles. The van der Waals surface area contributed by atoms with Gasteiger partial charge in [0, 0.05) is 13.1 Å². The van der Waals surface area contributed by atoms with Crippen LogP contribution in [-0.2, 0) is 4.74 Å². The lowest BCUT2D eigenvalue weighted by atomic mass is 9.94. The average molecular weight is 263 g/mol. The molecule has 0 unspecified atom stereocenters. The molecule has 0 saturated carbocycles. The highest BCUT2D eigenvalue weighted by atomic mass is 16.5. The third kappa shape index (κ3) is 2.97. The summed E-state index contributed by atoms with van der Waals surface area (Å²) < 4.78 is 4.69. The lowest BCUT2D eigenvalue weighted by Gasteiger charge is -2.33. The topological polar surface area (TPSA) is 68.5 Å². The van der Waals surface area contributed by atoms with Gasteiger partial charge in [-0.05, 0) is 30.9 Å². The summed E-state index contributed by atoms with van der Waals surface area (Å²) in [5, 5.41) is 0. The van der Waals surface area contributed by atoms with Crippen LogP contribution in [0.2, 0.25) is 0 Å². The maximum atomic E-state index is 11.5. The number of nitrogens with zero attached hydrogens (tertiary/aromatic N) is 2. The van der Waals surface area contributed by atoms with E-state index in [2.05, 4.69) is 16.8 Å². The third-order valence-electron chi connectivity index (χ3n) is 3.79. The number of carbonyl (C=O) groups is 1. The van der Waals surface area contributed by atoms with E-state index in [9.17, 15) is 4.79 Å². The number of rotatable bonds is 3. The van der Waals surface area contributed by atoms with Crippen molar-refractivity contribution >= 4 is 17.5 Å². The predicted molar refractivity (Wildman–Crippen MR) is 75.2 cm³/mol. The molecule has 0 radical (unpaired) electrons. The van der Waals surface area contributed by atoms with Gasteiger partial charge in [-0.1, -0.05) is 13.3 Å². The lowest BCUT2D eigenvalue weighted by molar-refractivity contribution is 0.0594. The number of anilines is 2. The number of nitrogen functional groups attached to an aromatic ring is 1. The first-order valence-electron chi connectivity index (χ1n) is 6.75. The molecule has 2 rings (SSSR count). The number of aromatic nitrogens is 1. The van der Waals surface area contributed by atoms with Crippen molar-refractivity contribution in [2.45, 2.75) is 26.2 Å². The fraction of sp³-hybridized carbons (Fsp3) is 0.571. The van der Waals surface area contributed by atoms with Gasteiger partial charge in [0.1, 0.15) is 0 Å². The van der Waals surface area contributed by atoms with Gasteiger partial charge < -0.3 is 15.4 Å². The Morgan fingerprint density at radius 2 is 2.16 bits per heavy atom. The number of hydrogen-bond acceptors (Lipinski definition) is 5. The fourth-order valence-corrected chi connectivity index (χ4v) is 2.48. The van der Waals surface area contributed by atoms with E-state index < -0.39 is 5.97 Å². The molecule has 1 aliphatic heterocycles. The molecule has 1 aromatic rings. The van der Waals surface area contributed by atoms with Crippen molar-refractivity contribution in [2.75, 3.05) is 30.8 Å². The lowest BCUT2D eigenvalue weighted by Crippen LogP contribution is -2.34. The van der Waals surface area contributed by atoms with Gasteiger partial charge in [-0.15, -0.1) is 0 Å². The van der Waals surface area contributed by atoms with Gasteiger partial charge >= 0.3 is 5.97 Å². The molecule has 0 aliphatic carbocycles. The Kier molecular flexibility index (Phi) is 4.24. The number of piperidine rings is 1. The summed E-state index contributed by atoms with van der Waals surface area (Å²) in [6.07, 6.45) is 3.53. The van der Waals surface area contributed by atoms with Crippen molar-refractivity contribution < 1.29 is 9.53 Å². The Bertz CT molecular complexity index is 454. The summed E-state index contributed by atoms with van der Waals surface area (Å²) in [6, 6.07) is 3.32. The smallest absolute Gasteiger partial charge is 0.356 e. The van der Waals surface area contributed by atoms with Gasteiger partial charge in [0.15, 0.2) is 11.5 Å². The van der Waals surface area contributed by atoms with Gasteiger partial charge in [-0.3, -0.25) is 0 Å². The maximum Gasteiger partial charge on any atom is 0.356 e. The van der Waals surface area contributed by atoms with Crippen molar-refractivity contribution in [1.29, 1.82) is 0 Å². The molecular weight excluding hydrogens is 242 g/mol. The first-order chi connectivity index (χ1) is 9.15. The molecular formula is C14H21N3O2. The number of nitrogens with two attached hydrogens (primary N) is 1. The standard InChI is InChI=1S/C14H21N3O2/c1-3-10-6-8-17(9-7-10)13-11(15)4-5-12(16-13)14(18)19-2/h4-5,10H,3,6-9,15H2,1-2H3. The van der Waals surface area contributed by atoms with E-state index in [1.54, 1.807) is 12.1 Å². The molecule has 19 heavy (non-hydrogen) atoms. The monoisotopic (exact) mass is 263 g/mol. The average Bonchev–Trinajstić information content (AvgIpc) is 2.47. The number of carbonyl (C=O) groups excluding carboxylic acids is 1. The molecule has 0 spiro atoms. The van der Waals surface area contributed by atoms with Crippen LogP contribution in [0.5, 0.6) is 0 Å². The molecule has 0 amide bonds. The maximum absolute atomic E-state index is 11.5. The van der Waals surface area contributed by atoms with E-state index in [0.717, 1.165) is 31.8 Å². The highest BCUT2D eigenvalue weighted by Crippen LogP contribution is 2.27. The Labute approximate surface area is 113 Å². The molecule has 1 saturated heterocycles. The summed E-state index contributed by atoms with van der Waals surface area (Å²) in [5.41, 5.74) is 6.90. The van der Waals surface area contributed by atoms with E-state index in [1.165, 1.54) is 13.5 Å². The van der Waals surface area contributed by atoms with Crippen LogP contribution in [0.25, 0.3) is 0 Å². The second kappa shape index (κ2) is 5.91. The normalized spacial score (nSPS) is 16.4. The number of pyridine rings is 1. The Morgan fingerprint density at radius 1 is 1.47 bits per heavy atom. The molecule has 2 heterocycles. The second-order valence-corrected chi connectivity index (χ2v) is 4.94. The zero-order valence-electron chi connectivity index (χ0n) is 11.6. The van der Waals surface area contributed by atoms with Gasteiger partial charge in [0.2, 0.25) is 0 Å². The molecule has 0 bridgehead atoms. The minimum absolute atomic E-state index is 0.310. The molecule has 5 nitrogen and oxygen atoms in total. The minimum atomic E-state index is -0.426.